The first-order valence-electron chi connectivity index (χ1n) is 6.36. The standard InChI is InChI=1S/C13H18F2N2O3S.ClH/c1-9(16)6-7-17-12(18)8-10-2-4-11(5-3-10)21(19,20)13(14)15;/h2-5,9,13H,6-8,16H2,1H3,(H,17,18);1H. The molecular formula is C13H19ClF2N2O3S. The lowest BCUT2D eigenvalue weighted by Gasteiger charge is -2.08. The Morgan fingerprint density at radius 1 is 1.27 bits per heavy atom. The van der Waals surface area contributed by atoms with Crippen molar-refractivity contribution in [2.75, 3.05) is 6.54 Å². The molecule has 0 saturated carbocycles. The van der Waals surface area contributed by atoms with E-state index in [1.165, 1.54) is 12.1 Å². The van der Waals surface area contributed by atoms with Crippen LogP contribution in [0.15, 0.2) is 29.2 Å². The third-order valence-corrected chi connectivity index (χ3v) is 4.17. The van der Waals surface area contributed by atoms with Crippen LogP contribution in [0, 0.1) is 0 Å². The number of rotatable bonds is 7. The highest BCUT2D eigenvalue weighted by Crippen LogP contribution is 2.18. The first kappa shape index (κ1) is 20.8. The van der Waals surface area contributed by atoms with E-state index < -0.39 is 20.5 Å². The summed E-state index contributed by atoms with van der Waals surface area (Å²) in [5, 5.41) is 2.67. The molecule has 0 spiro atoms. The van der Waals surface area contributed by atoms with Gasteiger partial charge in [0.25, 0.3) is 0 Å². The Bertz CT molecular complexity index is 577. The minimum absolute atomic E-state index is 0. The maximum absolute atomic E-state index is 12.4. The fourth-order valence-corrected chi connectivity index (χ4v) is 2.31. The Morgan fingerprint density at radius 3 is 2.27 bits per heavy atom. The highest BCUT2D eigenvalue weighted by molar-refractivity contribution is 7.91. The van der Waals surface area contributed by atoms with Gasteiger partial charge < -0.3 is 11.1 Å². The van der Waals surface area contributed by atoms with Gasteiger partial charge in [-0.25, -0.2) is 8.42 Å². The van der Waals surface area contributed by atoms with Crippen molar-refractivity contribution in [3.05, 3.63) is 29.8 Å². The van der Waals surface area contributed by atoms with E-state index in [1.54, 1.807) is 0 Å². The summed E-state index contributed by atoms with van der Waals surface area (Å²) in [7, 11) is -4.59. The highest BCUT2D eigenvalue weighted by Gasteiger charge is 2.26. The maximum Gasteiger partial charge on any atom is 0.341 e. The van der Waals surface area contributed by atoms with Crippen LogP contribution in [0.4, 0.5) is 8.78 Å². The third kappa shape index (κ3) is 6.25. The van der Waals surface area contributed by atoms with Crippen LogP contribution >= 0.6 is 12.4 Å². The number of benzene rings is 1. The van der Waals surface area contributed by atoms with Crippen LogP contribution < -0.4 is 11.1 Å². The Hall–Kier alpha value is -1.25. The molecule has 1 amide bonds. The molecular weight excluding hydrogens is 338 g/mol. The van der Waals surface area contributed by atoms with E-state index in [0.29, 0.717) is 18.5 Å². The molecule has 1 aromatic rings. The molecule has 22 heavy (non-hydrogen) atoms. The van der Waals surface area contributed by atoms with Gasteiger partial charge in [0.05, 0.1) is 11.3 Å². The molecule has 126 valence electrons. The number of nitrogens with two attached hydrogens (primary N) is 1. The van der Waals surface area contributed by atoms with E-state index in [0.717, 1.165) is 12.1 Å². The van der Waals surface area contributed by atoms with Crippen molar-refractivity contribution < 1.29 is 22.0 Å². The lowest BCUT2D eigenvalue weighted by Crippen LogP contribution is -2.30. The molecule has 0 aliphatic heterocycles. The number of carbonyl (C=O) groups is 1. The molecule has 9 heteroatoms. The number of carbonyl (C=O) groups excluding carboxylic acids is 1. The molecule has 1 rings (SSSR count). The highest BCUT2D eigenvalue weighted by atomic mass is 35.5. The van der Waals surface area contributed by atoms with Gasteiger partial charge in [-0.1, -0.05) is 12.1 Å². The summed E-state index contributed by atoms with van der Waals surface area (Å²) in [6, 6.07) is 4.84. The minimum atomic E-state index is -4.59. The molecule has 0 bridgehead atoms. The van der Waals surface area contributed by atoms with E-state index in [2.05, 4.69) is 5.32 Å². The summed E-state index contributed by atoms with van der Waals surface area (Å²) >= 11 is 0. The van der Waals surface area contributed by atoms with E-state index in [1.807, 2.05) is 6.92 Å². The lowest BCUT2D eigenvalue weighted by atomic mass is 10.1. The molecule has 1 unspecified atom stereocenters. The van der Waals surface area contributed by atoms with Crippen molar-refractivity contribution in [2.45, 2.75) is 36.5 Å². The van der Waals surface area contributed by atoms with Gasteiger partial charge in [-0.05, 0) is 31.0 Å². The van der Waals surface area contributed by atoms with Crippen LogP contribution in [-0.2, 0) is 21.1 Å². The van der Waals surface area contributed by atoms with Gasteiger partial charge in [0, 0.05) is 12.6 Å². The van der Waals surface area contributed by atoms with E-state index in [-0.39, 0.29) is 30.8 Å². The van der Waals surface area contributed by atoms with Gasteiger partial charge in [0.2, 0.25) is 15.7 Å². The summed E-state index contributed by atoms with van der Waals surface area (Å²) in [6.45, 7) is 2.28. The van der Waals surface area contributed by atoms with Crippen LogP contribution in [0.3, 0.4) is 0 Å². The normalized spacial score (nSPS) is 12.6. The van der Waals surface area contributed by atoms with E-state index in [4.69, 9.17) is 5.73 Å². The summed E-state index contributed by atoms with van der Waals surface area (Å²) in [4.78, 5) is 11.1. The molecule has 0 fully saturated rings. The van der Waals surface area contributed by atoms with Crippen LogP contribution in [-0.4, -0.2) is 32.7 Å². The lowest BCUT2D eigenvalue weighted by molar-refractivity contribution is -0.120. The molecule has 3 N–H and O–H groups in total. The summed E-state index contributed by atoms with van der Waals surface area (Å²) in [6.07, 6.45) is 0.700. The van der Waals surface area contributed by atoms with Crippen molar-refractivity contribution in [1.82, 2.24) is 5.32 Å². The van der Waals surface area contributed by atoms with Gasteiger partial charge in [-0.15, -0.1) is 12.4 Å². The molecule has 0 aliphatic carbocycles. The zero-order valence-corrected chi connectivity index (χ0v) is 13.6. The van der Waals surface area contributed by atoms with Crippen molar-refractivity contribution >= 4 is 28.2 Å². The maximum atomic E-state index is 12.4. The predicted octanol–water partition coefficient (Wildman–Crippen LogP) is 1.50. The number of hydrogen-bond acceptors (Lipinski definition) is 4. The van der Waals surface area contributed by atoms with E-state index >= 15 is 0 Å². The monoisotopic (exact) mass is 356 g/mol. The zero-order valence-electron chi connectivity index (χ0n) is 12.0. The molecule has 0 heterocycles. The first-order chi connectivity index (χ1) is 9.73. The van der Waals surface area contributed by atoms with Crippen LogP contribution in [0.1, 0.15) is 18.9 Å². The summed E-state index contributed by atoms with van der Waals surface area (Å²) in [5.41, 5.74) is 6.09. The van der Waals surface area contributed by atoms with Crippen molar-refractivity contribution in [3.8, 4) is 0 Å². The topological polar surface area (TPSA) is 89.3 Å². The van der Waals surface area contributed by atoms with E-state index in [9.17, 15) is 22.0 Å². The number of alkyl halides is 2. The van der Waals surface area contributed by atoms with Crippen LogP contribution in [0.25, 0.3) is 0 Å². The van der Waals surface area contributed by atoms with Crippen molar-refractivity contribution in [2.24, 2.45) is 5.73 Å². The predicted molar refractivity (Wildman–Crippen MR) is 81.9 cm³/mol. The molecule has 1 atom stereocenters. The first-order valence-corrected chi connectivity index (χ1v) is 7.91. The van der Waals surface area contributed by atoms with Crippen LogP contribution in [0.2, 0.25) is 0 Å². The number of amides is 1. The zero-order chi connectivity index (χ0) is 16.0. The second-order valence-corrected chi connectivity index (χ2v) is 6.66. The van der Waals surface area contributed by atoms with Crippen LogP contribution in [0.5, 0.6) is 0 Å². The van der Waals surface area contributed by atoms with Gasteiger partial charge in [0.15, 0.2) is 0 Å². The molecule has 0 radical (unpaired) electrons. The smallest absolute Gasteiger partial charge is 0.341 e. The molecule has 5 nitrogen and oxygen atoms in total. The Balaban J connectivity index is 0.00000441. The quantitative estimate of drug-likeness (QED) is 0.774. The number of sulfone groups is 1. The molecule has 0 saturated heterocycles. The fourth-order valence-electron chi connectivity index (χ4n) is 1.59. The van der Waals surface area contributed by atoms with Gasteiger partial charge in [-0.2, -0.15) is 8.78 Å². The second-order valence-electron chi connectivity index (χ2n) is 4.74. The Morgan fingerprint density at radius 2 is 1.82 bits per heavy atom. The number of nitrogens with one attached hydrogen (secondary N) is 1. The summed E-state index contributed by atoms with van der Waals surface area (Å²) in [5.74, 6) is -3.69. The number of halogens is 3. The molecule has 0 aromatic heterocycles. The molecule has 1 aromatic carbocycles. The largest absolute Gasteiger partial charge is 0.356 e. The molecule has 0 aliphatic rings. The third-order valence-electron chi connectivity index (χ3n) is 2.77. The Kier molecular flexibility index (Phi) is 8.50. The fraction of sp³-hybridized carbons (Fsp3) is 0.462. The Labute approximate surface area is 134 Å². The second kappa shape index (κ2) is 9.02. The SMILES string of the molecule is CC(N)CCNC(=O)Cc1ccc(S(=O)(=O)C(F)F)cc1.Cl. The average molecular weight is 357 g/mol. The van der Waals surface area contributed by atoms with Gasteiger partial charge in [-0.3, -0.25) is 4.79 Å². The number of hydrogen-bond donors (Lipinski definition) is 2. The summed E-state index contributed by atoms with van der Waals surface area (Å²) < 4.78 is 47.2. The van der Waals surface area contributed by atoms with Gasteiger partial charge in [0.1, 0.15) is 0 Å². The van der Waals surface area contributed by atoms with Gasteiger partial charge >= 0.3 is 5.76 Å². The van der Waals surface area contributed by atoms with Crippen molar-refractivity contribution in [3.63, 3.8) is 0 Å². The minimum Gasteiger partial charge on any atom is -0.356 e. The average Bonchev–Trinajstić information content (AvgIpc) is 2.38. The van der Waals surface area contributed by atoms with Crippen molar-refractivity contribution in [1.29, 1.82) is 0 Å².